The Morgan fingerprint density at radius 3 is 1.75 bits per heavy atom. The van der Waals surface area contributed by atoms with Crippen LogP contribution in [-0.2, 0) is 4.79 Å². The number of benzene rings is 3. The molecule has 0 saturated heterocycles. The number of hydrogen-bond donors (Lipinski definition) is 2. The molecular weight excluding hydrogens is 348 g/mol. The molecule has 0 unspecified atom stereocenters. The molecule has 0 bridgehead atoms. The van der Waals surface area contributed by atoms with Crippen LogP contribution in [0.1, 0.15) is 41.4 Å². The summed E-state index contributed by atoms with van der Waals surface area (Å²) in [4.78, 5) is 24.1. The highest BCUT2D eigenvalue weighted by Crippen LogP contribution is 2.18. The normalized spacial score (nSPS) is 11.8. The van der Waals surface area contributed by atoms with E-state index < -0.39 is 0 Å². The van der Waals surface area contributed by atoms with Gasteiger partial charge >= 0.3 is 0 Å². The van der Waals surface area contributed by atoms with Crippen molar-refractivity contribution in [1.29, 1.82) is 0 Å². The van der Waals surface area contributed by atoms with Crippen LogP contribution in [-0.4, -0.2) is 17.7 Å². The number of anilines is 1. The predicted molar refractivity (Wildman–Crippen MR) is 111 cm³/mol. The van der Waals surface area contributed by atoms with E-state index >= 15 is 0 Å². The number of amides is 1. The van der Waals surface area contributed by atoms with Gasteiger partial charge < -0.3 is 10.6 Å². The molecule has 0 heterocycles. The Labute approximate surface area is 165 Å². The number of nitrogens with one attached hydrogen (secondary N) is 1. The second-order valence-corrected chi connectivity index (χ2v) is 6.90. The Morgan fingerprint density at radius 2 is 1.29 bits per heavy atom. The zero-order valence-corrected chi connectivity index (χ0v) is 16.1. The maximum absolute atomic E-state index is 12.7. The van der Waals surface area contributed by atoms with Gasteiger partial charge in [-0.25, -0.2) is 0 Å². The molecule has 1 atom stereocenters. The van der Waals surface area contributed by atoms with Crippen molar-refractivity contribution in [1.82, 2.24) is 0 Å². The summed E-state index contributed by atoms with van der Waals surface area (Å²) in [5, 5.41) is 5.01. The summed E-state index contributed by atoms with van der Waals surface area (Å²) >= 11 is 0. The van der Waals surface area contributed by atoms with E-state index in [4.69, 9.17) is 0 Å². The monoisotopic (exact) mass is 373 g/mol. The van der Waals surface area contributed by atoms with Gasteiger partial charge in [-0.15, -0.1) is 0 Å². The number of rotatable bonds is 7. The molecule has 0 aliphatic carbocycles. The lowest BCUT2D eigenvalue weighted by atomic mass is 9.98. The van der Waals surface area contributed by atoms with Crippen molar-refractivity contribution >= 4 is 17.4 Å². The predicted octanol–water partition coefficient (Wildman–Crippen LogP) is 3.57. The number of Topliss-reactive ketones (excluding diaryl/α,β-unsaturated/α-hetero) is 1. The summed E-state index contributed by atoms with van der Waals surface area (Å²) in [5.41, 5.74) is 3.62. The maximum atomic E-state index is 12.7. The third-order valence-electron chi connectivity index (χ3n) is 4.77. The van der Waals surface area contributed by atoms with Crippen LogP contribution in [0.5, 0.6) is 0 Å². The summed E-state index contributed by atoms with van der Waals surface area (Å²) in [7, 11) is 0. The highest BCUT2D eigenvalue weighted by molar-refractivity contribution is 5.96. The summed E-state index contributed by atoms with van der Waals surface area (Å²) in [5.74, 6) is -0.0689. The molecule has 0 aliphatic heterocycles. The molecule has 0 spiro atoms. The minimum atomic E-state index is -0.294. The molecule has 1 amide bonds. The van der Waals surface area contributed by atoms with Crippen LogP contribution in [0.2, 0.25) is 0 Å². The Kier molecular flexibility index (Phi) is 6.35. The molecule has 3 aromatic carbocycles. The van der Waals surface area contributed by atoms with E-state index in [1.807, 2.05) is 43.3 Å². The van der Waals surface area contributed by atoms with Gasteiger partial charge in [0.05, 0.1) is 0 Å². The van der Waals surface area contributed by atoms with Crippen molar-refractivity contribution in [2.45, 2.75) is 25.9 Å². The van der Waals surface area contributed by atoms with Crippen molar-refractivity contribution in [2.24, 2.45) is 0 Å². The zero-order valence-electron chi connectivity index (χ0n) is 16.1. The van der Waals surface area contributed by atoms with Gasteiger partial charge in [0, 0.05) is 22.4 Å². The molecule has 0 aliphatic rings. The first-order valence-electron chi connectivity index (χ1n) is 9.41. The molecule has 0 saturated carbocycles. The average molecular weight is 373 g/mol. The number of ketones is 1. The van der Waals surface area contributed by atoms with Crippen molar-refractivity contribution < 1.29 is 14.9 Å². The number of nitrogens with two attached hydrogens (primary N) is 1. The van der Waals surface area contributed by atoms with E-state index in [0.717, 1.165) is 11.1 Å². The number of carbonyl (C=O) groups is 2. The van der Waals surface area contributed by atoms with Crippen molar-refractivity contribution in [3.8, 4) is 0 Å². The molecule has 3 N–H and O–H groups in total. The molecular formula is C24H25N2O2+. The Balaban J connectivity index is 1.73. The van der Waals surface area contributed by atoms with E-state index in [9.17, 15) is 9.59 Å². The van der Waals surface area contributed by atoms with Crippen LogP contribution in [0.25, 0.3) is 0 Å². The van der Waals surface area contributed by atoms with Crippen molar-refractivity contribution in [3.05, 3.63) is 102 Å². The molecule has 0 fully saturated rings. The molecule has 142 valence electrons. The smallest absolute Gasteiger partial charge is 0.282 e. The van der Waals surface area contributed by atoms with Crippen LogP contribution in [0.4, 0.5) is 5.69 Å². The fourth-order valence-corrected chi connectivity index (χ4v) is 3.16. The first kappa shape index (κ1) is 19.5. The van der Waals surface area contributed by atoms with E-state index in [1.54, 1.807) is 24.3 Å². The average Bonchev–Trinajstić information content (AvgIpc) is 2.73. The molecule has 4 nitrogen and oxygen atoms in total. The third-order valence-corrected chi connectivity index (χ3v) is 4.77. The van der Waals surface area contributed by atoms with Gasteiger partial charge in [-0.2, -0.15) is 0 Å². The Morgan fingerprint density at radius 1 is 0.786 bits per heavy atom. The van der Waals surface area contributed by atoms with Crippen molar-refractivity contribution in [2.75, 3.05) is 5.32 Å². The Bertz CT molecular complexity index is 882. The minimum Gasteiger partial charge on any atom is -0.326 e. The standard InChI is InChI=1S/C24H24N2O2/c1-17(24(28)26-22-15-13-19(14-16-22)18(2)27)25-23(20-9-5-3-6-10-20)21-11-7-4-8-12-21/h3-17,23,25H,1-2H3,(H,26,28)/p+1/t17-/m0/s1. The largest absolute Gasteiger partial charge is 0.326 e. The fourth-order valence-electron chi connectivity index (χ4n) is 3.16. The lowest BCUT2D eigenvalue weighted by Gasteiger charge is -2.20. The minimum absolute atomic E-state index is 0.00754. The summed E-state index contributed by atoms with van der Waals surface area (Å²) in [6.07, 6.45) is 0. The first-order valence-corrected chi connectivity index (χ1v) is 9.41. The topological polar surface area (TPSA) is 62.8 Å². The molecule has 0 radical (unpaired) electrons. The van der Waals surface area contributed by atoms with Crippen LogP contribution < -0.4 is 10.6 Å². The number of quaternary nitrogens is 1. The van der Waals surface area contributed by atoms with Gasteiger partial charge in [-0.3, -0.25) is 9.59 Å². The van der Waals surface area contributed by atoms with Crippen LogP contribution >= 0.6 is 0 Å². The van der Waals surface area contributed by atoms with Gasteiger partial charge in [-0.1, -0.05) is 60.7 Å². The molecule has 28 heavy (non-hydrogen) atoms. The summed E-state index contributed by atoms with van der Waals surface area (Å²) < 4.78 is 0. The van der Waals surface area contributed by atoms with Gasteiger partial charge in [-0.05, 0) is 38.1 Å². The molecule has 3 rings (SSSR count). The van der Waals surface area contributed by atoms with Crippen LogP contribution in [0, 0.1) is 0 Å². The van der Waals surface area contributed by atoms with E-state index in [0.29, 0.717) is 11.3 Å². The van der Waals surface area contributed by atoms with Gasteiger partial charge in [0.1, 0.15) is 6.04 Å². The quantitative estimate of drug-likeness (QED) is 0.622. The number of hydrogen-bond acceptors (Lipinski definition) is 2. The molecule has 4 heteroatoms. The fraction of sp³-hybridized carbons (Fsp3) is 0.167. The Hall–Kier alpha value is -3.24. The van der Waals surface area contributed by atoms with Gasteiger partial charge in [0.25, 0.3) is 5.91 Å². The van der Waals surface area contributed by atoms with Gasteiger partial charge in [0.2, 0.25) is 0 Å². The first-order chi connectivity index (χ1) is 13.5. The summed E-state index contributed by atoms with van der Waals surface area (Å²) in [6, 6.07) is 27.1. The zero-order chi connectivity index (χ0) is 19.9. The third kappa shape index (κ3) is 4.93. The SMILES string of the molecule is CC(=O)c1ccc(NC(=O)[C@H](C)[NH2+]C(c2ccccc2)c2ccccc2)cc1. The van der Waals surface area contributed by atoms with Crippen LogP contribution in [0.15, 0.2) is 84.9 Å². The van der Waals surface area contributed by atoms with Gasteiger partial charge in [0.15, 0.2) is 11.8 Å². The number of carbonyl (C=O) groups excluding carboxylic acids is 2. The second kappa shape index (κ2) is 9.11. The highest BCUT2D eigenvalue weighted by Gasteiger charge is 2.24. The van der Waals surface area contributed by atoms with Crippen molar-refractivity contribution in [3.63, 3.8) is 0 Å². The van der Waals surface area contributed by atoms with E-state index in [1.165, 1.54) is 6.92 Å². The maximum Gasteiger partial charge on any atom is 0.282 e. The summed E-state index contributed by atoms with van der Waals surface area (Å²) in [6.45, 7) is 3.43. The molecule has 3 aromatic rings. The van der Waals surface area contributed by atoms with E-state index in [-0.39, 0.29) is 23.8 Å². The molecule has 0 aromatic heterocycles. The lowest BCUT2D eigenvalue weighted by molar-refractivity contribution is -0.704. The van der Waals surface area contributed by atoms with Crippen LogP contribution in [0.3, 0.4) is 0 Å². The highest BCUT2D eigenvalue weighted by atomic mass is 16.2. The lowest BCUT2D eigenvalue weighted by Crippen LogP contribution is -2.92. The second-order valence-electron chi connectivity index (χ2n) is 6.90. The van der Waals surface area contributed by atoms with E-state index in [2.05, 4.69) is 34.9 Å².